The maximum absolute atomic E-state index is 5.52. The summed E-state index contributed by atoms with van der Waals surface area (Å²) in [6.07, 6.45) is 10.4. The van der Waals surface area contributed by atoms with Crippen LogP contribution in [0.2, 0.25) is 5.32 Å². The number of terminal acetylenes is 1. The van der Waals surface area contributed by atoms with E-state index in [9.17, 15) is 0 Å². The van der Waals surface area contributed by atoms with Crippen LogP contribution in [0.4, 0.5) is 0 Å². The quantitative estimate of drug-likeness (QED) is 0.329. The molecule has 0 aromatic heterocycles. The van der Waals surface area contributed by atoms with Crippen molar-refractivity contribution in [3.8, 4) is 12.3 Å². The predicted molar refractivity (Wildman–Crippen MR) is 102 cm³/mol. The molecule has 114 valence electrons. The number of benzene rings is 2. The summed E-state index contributed by atoms with van der Waals surface area (Å²) in [5.41, 5.74) is 2.89. The molecule has 0 nitrogen and oxygen atoms in total. The molecule has 0 saturated heterocycles. The fraction of sp³-hybridized carbons (Fsp3) is 0.263. The van der Waals surface area contributed by atoms with Crippen LogP contribution in [0.25, 0.3) is 0 Å². The summed E-state index contributed by atoms with van der Waals surface area (Å²) in [6.45, 7) is 0. The van der Waals surface area contributed by atoms with Gasteiger partial charge in [-0.25, -0.2) is 0 Å². The summed E-state index contributed by atoms with van der Waals surface area (Å²) in [6, 6.07) is 21.6. The Labute approximate surface area is 148 Å². The third-order valence-corrected chi connectivity index (χ3v) is 18.1. The van der Waals surface area contributed by atoms with Crippen LogP contribution in [-0.2, 0) is 12.8 Å². The summed E-state index contributed by atoms with van der Waals surface area (Å²) in [4.78, 5) is 0. The van der Waals surface area contributed by atoms with E-state index in [1.807, 2.05) is 0 Å². The van der Waals surface area contributed by atoms with Crippen molar-refractivity contribution in [1.29, 1.82) is 0 Å². The zero-order valence-corrected chi connectivity index (χ0v) is 17.0. The first kappa shape index (κ1) is 17.8. The van der Waals surface area contributed by atoms with E-state index < -0.39 is 4.20 Å². The van der Waals surface area contributed by atoms with E-state index in [2.05, 4.69) is 81.7 Å². The minimum absolute atomic E-state index is 0.561. The normalized spacial score (nSPS) is 11.0. The molecule has 2 aromatic rings. The van der Waals surface area contributed by atoms with Gasteiger partial charge in [-0.2, -0.15) is 0 Å². The fourth-order valence-corrected chi connectivity index (χ4v) is 11.9. The first-order chi connectivity index (χ1) is 10.7. The summed E-state index contributed by atoms with van der Waals surface area (Å²) < 4.78 is -1.02. The zero-order chi connectivity index (χ0) is 15.7. The fourth-order valence-electron chi connectivity index (χ4n) is 2.28. The molecule has 0 bridgehead atoms. The van der Waals surface area contributed by atoms with Gasteiger partial charge in [-0.15, -0.1) is 0 Å². The van der Waals surface area contributed by atoms with Gasteiger partial charge in [0, 0.05) is 0 Å². The van der Waals surface area contributed by atoms with Crippen molar-refractivity contribution in [1.82, 2.24) is 0 Å². The molecule has 0 aliphatic carbocycles. The second-order valence-corrected chi connectivity index (χ2v) is 22.5. The number of aryl methyl sites for hydroxylation is 2. The van der Waals surface area contributed by atoms with Crippen molar-refractivity contribution >= 4 is 33.8 Å². The van der Waals surface area contributed by atoms with Gasteiger partial charge in [-0.05, 0) is 0 Å². The molecule has 0 unspecified atom stereocenters. The molecule has 0 atom stereocenters. The molecule has 3 heteroatoms. The van der Waals surface area contributed by atoms with Crippen LogP contribution >= 0.6 is 4.20 Å². The molecule has 0 aliphatic heterocycles. The van der Waals surface area contributed by atoms with Gasteiger partial charge in [0.2, 0.25) is 0 Å². The number of hydrogen-bond donors (Lipinski definition) is 0. The van der Waals surface area contributed by atoms with Crippen LogP contribution in [-0.4, -0.2) is 41.9 Å². The molecule has 0 heterocycles. The van der Waals surface area contributed by atoms with Gasteiger partial charge >= 0.3 is 148 Å². The van der Waals surface area contributed by atoms with Gasteiger partial charge in [0.1, 0.15) is 0 Å². The molecule has 0 N–H and O–H groups in total. The summed E-state index contributed by atoms with van der Waals surface area (Å²) in [5.74, 6) is 2.86. The van der Waals surface area contributed by atoms with E-state index in [0.29, 0.717) is 14.5 Å². The summed E-state index contributed by atoms with van der Waals surface area (Å²) >= 11 is 4.17. The zero-order valence-electron chi connectivity index (χ0n) is 12.7. The van der Waals surface area contributed by atoms with Crippen LogP contribution in [0.3, 0.4) is 0 Å². The molecule has 0 amide bonds. The third-order valence-electron chi connectivity index (χ3n) is 3.55. The van der Waals surface area contributed by atoms with Crippen LogP contribution in [0.1, 0.15) is 11.1 Å². The van der Waals surface area contributed by atoms with E-state index in [0.717, 1.165) is 5.32 Å². The van der Waals surface area contributed by atoms with Crippen molar-refractivity contribution < 1.29 is 0 Å². The van der Waals surface area contributed by atoms with Gasteiger partial charge in [-0.3, -0.25) is 0 Å². The first-order valence-electron chi connectivity index (χ1n) is 7.46. The molecule has 0 spiro atoms. The van der Waals surface area contributed by atoms with Gasteiger partial charge in [0.25, 0.3) is 0 Å². The third kappa shape index (κ3) is 6.30. The second kappa shape index (κ2) is 9.57. The second-order valence-electron chi connectivity index (χ2n) is 5.21. The SMILES string of the molecule is C#CC[Se]P(=[Se])(CCc1ccccc1)CCc1ccccc1. The maximum atomic E-state index is 5.52. The predicted octanol–water partition coefficient (Wildman–Crippen LogP) is 4.24. The number of hydrogen-bond acceptors (Lipinski definition) is 0. The Morgan fingerprint density at radius 1 is 0.864 bits per heavy atom. The van der Waals surface area contributed by atoms with Crippen LogP contribution < -0.4 is 0 Å². The first-order valence-corrected chi connectivity index (χ1v) is 15.3. The molecule has 0 saturated carbocycles. The Balaban J connectivity index is 1.97. The minimum atomic E-state index is -1.02. The summed E-state index contributed by atoms with van der Waals surface area (Å²) in [7, 11) is 0. The van der Waals surface area contributed by atoms with Crippen LogP contribution in [0.15, 0.2) is 60.7 Å². The van der Waals surface area contributed by atoms with Gasteiger partial charge < -0.3 is 0 Å². The molecule has 0 fully saturated rings. The standard InChI is InChI=1S/C19H21PSe2/c1-2-17-22-20(21,15-13-18-9-5-3-6-10-18)16-14-19-11-7-4-8-12-19/h1,3-12H,13-17H2. The van der Waals surface area contributed by atoms with Gasteiger partial charge in [0.05, 0.1) is 0 Å². The Bertz CT molecular complexity index is 597. The Morgan fingerprint density at radius 3 is 1.73 bits per heavy atom. The molecule has 2 aromatic carbocycles. The van der Waals surface area contributed by atoms with E-state index in [4.69, 9.17) is 6.42 Å². The Morgan fingerprint density at radius 2 is 1.32 bits per heavy atom. The topological polar surface area (TPSA) is 0 Å². The molecule has 0 aliphatic rings. The van der Waals surface area contributed by atoms with E-state index in [1.165, 1.54) is 36.3 Å². The van der Waals surface area contributed by atoms with Crippen LogP contribution in [0, 0.1) is 12.3 Å². The van der Waals surface area contributed by atoms with Gasteiger partial charge in [-0.1, -0.05) is 0 Å². The molecular weight excluding hydrogens is 417 g/mol. The van der Waals surface area contributed by atoms with E-state index in [-0.39, 0.29) is 0 Å². The molecular formula is C19H21PSe2. The Kier molecular flexibility index (Phi) is 7.75. The Hall–Kier alpha value is -0.531. The average molecular weight is 438 g/mol. The average Bonchev–Trinajstić information content (AvgIpc) is 2.59. The molecule has 0 radical (unpaired) electrons. The van der Waals surface area contributed by atoms with Crippen molar-refractivity contribution in [2.45, 2.75) is 18.2 Å². The summed E-state index contributed by atoms with van der Waals surface area (Å²) in [5, 5.41) is 0.956. The van der Waals surface area contributed by atoms with E-state index >= 15 is 0 Å². The van der Waals surface area contributed by atoms with E-state index in [1.54, 1.807) is 0 Å². The van der Waals surface area contributed by atoms with Crippen molar-refractivity contribution in [3.05, 3.63) is 71.8 Å². The van der Waals surface area contributed by atoms with Crippen molar-refractivity contribution in [2.75, 3.05) is 12.3 Å². The number of rotatable bonds is 8. The van der Waals surface area contributed by atoms with Crippen molar-refractivity contribution in [2.24, 2.45) is 0 Å². The van der Waals surface area contributed by atoms with Gasteiger partial charge in [0.15, 0.2) is 0 Å². The monoisotopic (exact) mass is 440 g/mol. The molecule has 22 heavy (non-hydrogen) atoms. The van der Waals surface area contributed by atoms with Crippen molar-refractivity contribution in [3.63, 3.8) is 0 Å². The van der Waals surface area contributed by atoms with Crippen LogP contribution in [0.5, 0.6) is 0 Å². The molecule has 2 rings (SSSR count).